The first kappa shape index (κ1) is 21.0. The molecule has 2 amide bonds. The summed E-state index contributed by atoms with van der Waals surface area (Å²) >= 11 is 0. The molecule has 1 unspecified atom stereocenters. The molecule has 2 aliphatic rings. The van der Waals surface area contributed by atoms with Crippen LogP contribution in [0.4, 0.5) is 11.4 Å². The third-order valence-corrected chi connectivity index (χ3v) is 5.45. The number of hydrogen-bond donors (Lipinski definition) is 1. The second-order valence-electron chi connectivity index (χ2n) is 7.46. The van der Waals surface area contributed by atoms with E-state index in [9.17, 15) is 9.59 Å². The first-order chi connectivity index (χ1) is 15.2. The average Bonchev–Trinajstić information content (AvgIpc) is 2.82. The van der Waals surface area contributed by atoms with E-state index in [1.54, 1.807) is 24.1 Å². The fourth-order valence-electron chi connectivity index (χ4n) is 3.83. The lowest BCUT2D eigenvalue weighted by atomic mass is 10.1. The Morgan fingerprint density at radius 1 is 1.10 bits per heavy atom. The quantitative estimate of drug-likeness (QED) is 0.764. The summed E-state index contributed by atoms with van der Waals surface area (Å²) in [5, 5.41) is 2.90. The average molecular weight is 425 g/mol. The largest absolute Gasteiger partial charge is 0.495 e. The van der Waals surface area contributed by atoms with Gasteiger partial charge in [-0.05, 0) is 24.3 Å². The van der Waals surface area contributed by atoms with Gasteiger partial charge in [0.15, 0.2) is 6.10 Å². The molecule has 31 heavy (non-hydrogen) atoms. The molecule has 1 N–H and O–H groups in total. The lowest BCUT2D eigenvalue weighted by molar-refractivity contribution is -0.142. The number of morpholine rings is 1. The molecule has 0 radical (unpaired) electrons. The number of carbonyl (C=O) groups is 2. The van der Waals surface area contributed by atoms with Crippen molar-refractivity contribution in [2.45, 2.75) is 12.5 Å². The maximum absolute atomic E-state index is 13.0. The van der Waals surface area contributed by atoms with Crippen molar-refractivity contribution in [1.29, 1.82) is 0 Å². The Morgan fingerprint density at radius 2 is 1.84 bits per heavy atom. The predicted octanol–water partition coefficient (Wildman–Crippen LogP) is 2.15. The van der Waals surface area contributed by atoms with Gasteiger partial charge in [0.2, 0.25) is 5.91 Å². The van der Waals surface area contributed by atoms with Crippen LogP contribution in [0.5, 0.6) is 11.5 Å². The summed E-state index contributed by atoms with van der Waals surface area (Å²) in [7, 11) is 1.57. The minimum atomic E-state index is -0.606. The van der Waals surface area contributed by atoms with Crippen molar-refractivity contribution >= 4 is 23.2 Å². The van der Waals surface area contributed by atoms with Crippen LogP contribution in [0.2, 0.25) is 0 Å². The standard InChI is InChI=1S/C23H27N3O5/c1-29-19-8-4-2-6-17(19)24-22(27)10-11-26-16-21(23(28)25-12-14-30-15-13-25)31-20-9-5-3-7-18(20)26/h2-9,21H,10-16H2,1H3,(H,24,27). The summed E-state index contributed by atoms with van der Waals surface area (Å²) in [6.45, 7) is 3.09. The van der Waals surface area contributed by atoms with E-state index in [1.807, 2.05) is 41.3 Å². The number of carbonyl (C=O) groups excluding carboxylic acids is 2. The molecule has 2 aliphatic heterocycles. The molecular formula is C23H27N3O5. The van der Waals surface area contributed by atoms with Crippen LogP contribution in [0, 0.1) is 0 Å². The highest BCUT2D eigenvalue weighted by Gasteiger charge is 2.34. The van der Waals surface area contributed by atoms with Gasteiger partial charge in [-0.2, -0.15) is 0 Å². The Kier molecular flexibility index (Phi) is 6.57. The van der Waals surface area contributed by atoms with Crippen LogP contribution < -0.4 is 19.7 Å². The molecule has 164 valence electrons. The highest BCUT2D eigenvalue weighted by atomic mass is 16.5. The van der Waals surface area contributed by atoms with Gasteiger partial charge in [-0.1, -0.05) is 24.3 Å². The zero-order chi connectivity index (χ0) is 21.6. The van der Waals surface area contributed by atoms with Crippen LogP contribution in [0.1, 0.15) is 6.42 Å². The molecule has 0 saturated carbocycles. The van der Waals surface area contributed by atoms with Crippen molar-refractivity contribution in [3.8, 4) is 11.5 Å². The number of benzene rings is 2. The normalized spacial score (nSPS) is 18.0. The number of nitrogens with zero attached hydrogens (tertiary/aromatic N) is 2. The Morgan fingerprint density at radius 3 is 2.65 bits per heavy atom. The summed E-state index contributed by atoms with van der Waals surface area (Å²) in [6.07, 6.45) is -0.338. The highest BCUT2D eigenvalue weighted by Crippen LogP contribution is 2.33. The summed E-state index contributed by atoms with van der Waals surface area (Å²) in [6, 6.07) is 14.9. The van der Waals surface area contributed by atoms with Crippen LogP contribution in [-0.4, -0.2) is 69.3 Å². The van der Waals surface area contributed by atoms with Crippen LogP contribution in [0.15, 0.2) is 48.5 Å². The van der Waals surface area contributed by atoms with Gasteiger partial charge in [0.05, 0.1) is 38.2 Å². The molecule has 2 aromatic carbocycles. The molecule has 1 atom stereocenters. The van der Waals surface area contributed by atoms with E-state index < -0.39 is 6.10 Å². The fourth-order valence-corrected chi connectivity index (χ4v) is 3.83. The first-order valence-corrected chi connectivity index (χ1v) is 10.5. The van der Waals surface area contributed by atoms with E-state index in [4.69, 9.17) is 14.2 Å². The van der Waals surface area contributed by atoms with Gasteiger partial charge in [-0.3, -0.25) is 9.59 Å². The lowest BCUT2D eigenvalue weighted by Gasteiger charge is -2.38. The smallest absolute Gasteiger partial charge is 0.265 e. The van der Waals surface area contributed by atoms with Crippen molar-refractivity contribution in [3.05, 3.63) is 48.5 Å². The lowest BCUT2D eigenvalue weighted by Crippen LogP contribution is -2.53. The molecule has 0 bridgehead atoms. The number of methoxy groups -OCH3 is 1. The van der Waals surface area contributed by atoms with Gasteiger partial charge in [0.25, 0.3) is 5.91 Å². The van der Waals surface area contributed by atoms with Crippen molar-refractivity contribution in [3.63, 3.8) is 0 Å². The van der Waals surface area contributed by atoms with Gasteiger partial charge in [0.1, 0.15) is 11.5 Å². The molecular weight excluding hydrogens is 398 g/mol. The van der Waals surface area contributed by atoms with Gasteiger partial charge >= 0.3 is 0 Å². The number of amides is 2. The third-order valence-electron chi connectivity index (χ3n) is 5.45. The van der Waals surface area contributed by atoms with Gasteiger partial charge in [0, 0.05) is 26.1 Å². The van der Waals surface area contributed by atoms with Crippen molar-refractivity contribution in [2.75, 3.05) is 56.7 Å². The molecule has 0 spiro atoms. The second-order valence-corrected chi connectivity index (χ2v) is 7.46. The molecule has 8 nitrogen and oxygen atoms in total. The van der Waals surface area contributed by atoms with E-state index in [1.165, 1.54) is 0 Å². The van der Waals surface area contributed by atoms with Gasteiger partial charge in [-0.15, -0.1) is 0 Å². The Labute approximate surface area is 181 Å². The monoisotopic (exact) mass is 425 g/mol. The topological polar surface area (TPSA) is 80.3 Å². The maximum atomic E-state index is 13.0. The van der Waals surface area contributed by atoms with Crippen molar-refractivity contribution in [2.24, 2.45) is 0 Å². The third kappa shape index (κ3) is 4.91. The van der Waals surface area contributed by atoms with Crippen LogP contribution in [0.3, 0.4) is 0 Å². The summed E-state index contributed by atoms with van der Waals surface area (Å²) in [5.41, 5.74) is 1.52. The van der Waals surface area contributed by atoms with Crippen LogP contribution in [0.25, 0.3) is 0 Å². The number of hydrogen-bond acceptors (Lipinski definition) is 6. The van der Waals surface area contributed by atoms with E-state index in [0.717, 1.165) is 5.69 Å². The highest BCUT2D eigenvalue weighted by molar-refractivity contribution is 5.92. The summed E-state index contributed by atoms with van der Waals surface area (Å²) in [5.74, 6) is 1.11. The fraction of sp³-hybridized carbons (Fsp3) is 0.391. The minimum absolute atomic E-state index is 0.0405. The van der Waals surface area contributed by atoms with E-state index in [2.05, 4.69) is 5.32 Å². The molecule has 8 heteroatoms. The number of fused-ring (bicyclic) bond motifs is 1. The number of para-hydroxylation sites is 4. The van der Waals surface area contributed by atoms with E-state index >= 15 is 0 Å². The number of anilines is 2. The van der Waals surface area contributed by atoms with Crippen molar-refractivity contribution in [1.82, 2.24) is 4.90 Å². The van der Waals surface area contributed by atoms with Crippen LogP contribution >= 0.6 is 0 Å². The SMILES string of the molecule is COc1ccccc1NC(=O)CCN1CC(C(=O)N2CCOCC2)Oc2ccccc21. The maximum Gasteiger partial charge on any atom is 0.265 e. The van der Waals surface area contributed by atoms with Gasteiger partial charge in [-0.25, -0.2) is 0 Å². The summed E-state index contributed by atoms with van der Waals surface area (Å²) in [4.78, 5) is 29.4. The van der Waals surface area contributed by atoms with E-state index in [0.29, 0.717) is 56.6 Å². The molecule has 0 aromatic heterocycles. The number of ether oxygens (including phenoxy) is 3. The zero-order valence-electron chi connectivity index (χ0n) is 17.6. The molecule has 1 fully saturated rings. The first-order valence-electron chi connectivity index (χ1n) is 10.5. The van der Waals surface area contributed by atoms with Gasteiger partial charge < -0.3 is 29.3 Å². The molecule has 2 heterocycles. The molecule has 1 saturated heterocycles. The minimum Gasteiger partial charge on any atom is -0.495 e. The Balaban J connectivity index is 1.42. The number of nitrogens with one attached hydrogen (secondary N) is 1. The zero-order valence-corrected chi connectivity index (χ0v) is 17.6. The van der Waals surface area contributed by atoms with Crippen LogP contribution in [-0.2, 0) is 14.3 Å². The summed E-state index contributed by atoms with van der Waals surface area (Å²) < 4.78 is 16.7. The Bertz CT molecular complexity index is 929. The molecule has 4 rings (SSSR count). The molecule has 2 aromatic rings. The molecule has 0 aliphatic carbocycles. The second kappa shape index (κ2) is 9.70. The van der Waals surface area contributed by atoms with E-state index in [-0.39, 0.29) is 18.2 Å². The Hall–Kier alpha value is -3.26. The van der Waals surface area contributed by atoms with Crippen molar-refractivity contribution < 1.29 is 23.8 Å². The predicted molar refractivity (Wildman–Crippen MR) is 117 cm³/mol. The number of rotatable bonds is 6.